The van der Waals surface area contributed by atoms with E-state index in [0.29, 0.717) is 17.8 Å². The molecule has 130 valence electrons. The van der Waals surface area contributed by atoms with Crippen molar-refractivity contribution in [1.29, 1.82) is 0 Å². The van der Waals surface area contributed by atoms with Crippen LogP contribution in [0.1, 0.15) is 40.5 Å². The van der Waals surface area contributed by atoms with E-state index in [0.717, 1.165) is 6.42 Å². The van der Waals surface area contributed by atoms with E-state index in [1.165, 1.54) is 0 Å². The Morgan fingerprint density at radius 3 is 2.17 bits per heavy atom. The molecule has 0 heterocycles. The molecule has 1 rings (SSSR count). The Morgan fingerprint density at radius 1 is 1.17 bits per heavy atom. The molecule has 0 saturated heterocycles. The summed E-state index contributed by atoms with van der Waals surface area (Å²) in [6, 6.07) is 5.88. The first-order valence-electron chi connectivity index (χ1n) is 7.72. The number of unbranched alkanes of at least 4 members (excludes halogenated alkanes) is 1. The number of amides is 1. The normalized spacial score (nSPS) is 13.4. The molecule has 0 saturated carbocycles. The van der Waals surface area contributed by atoms with E-state index in [4.69, 9.17) is 5.73 Å². The molecule has 7 heteroatoms. The zero-order valence-corrected chi connectivity index (χ0v) is 15.0. The van der Waals surface area contributed by atoms with Crippen LogP contribution >= 0.6 is 0 Å². The van der Waals surface area contributed by atoms with E-state index in [1.54, 1.807) is 24.3 Å². The smallest absolute Gasteiger partial charge is 0.241 e. The third-order valence-electron chi connectivity index (χ3n) is 3.41. The molecule has 1 aromatic carbocycles. The summed E-state index contributed by atoms with van der Waals surface area (Å²) in [4.78, 5) is 12.0. The minimum absolute atomic E-state index is 0.0996. The van der Waals surface area contributed by atoms with Gasteiger partial charge in [-0.25, -0.2) is 8.42 Å². The van der Waals surface area contributed by atoms with E-state index >= 15 is 0 Å². The second-order valence-corrected chi connectivity index (χ2v) is 8.53. The fraction of sp³-hybridized carbons (Fsp3) is 0.562. The van der Waals surface area contributed by atoms with Gasteiger partial charge in [0.05, 0.1) is 11.8 Å². The van der Waals surface area contributed by atoms with Crippen molar-refractivity contribution < 1.29 is 13.2 Å². The highest BCUT2D eigenvalue weighted by atomic mass is 32.2. The van der Waals surface area contributed by atoms with Crippen LogP contribution in [0.2, 0.25) is 0 Å². The molecule has 0 radical (unpaired) electrons. The molecule has 1 aromatic rings. The molecular weight excluding hydrogens is 314 g/mol. The molecule has 23 heavy (non-hydrogen) atoms. The van der Waals surface area contributed by atoms with Gasteiger partial charge in [-0.1, -0.05) is 34.1 Å². The van der Waals surface area contributed by atoms with Gasteiger partial charge in [-0.2, -0.15) is 0 Å². The number of nitrogens with two attached hydrogens (primary N) is 1. The lowest BCUT2D eigenvalue weighted by molar-refractivity contribution is -0.119. The third-order valence-corrected chi connectivity index (χ3v) is 4.78. The Kier molecular flexibility index (Phi) is 6.58. The largest absolute Gasteiger partial charge is 0.325 e. The standard InChI is InChI=1S/C16H27N3O3S/c1-5-6-11-23(21,22)19-13-9-7-12(8-10-13)18-15(20)14(17)16(2,3)4/h7-10,14,19H,5-6,11,17H2,1-4H3,(H,18,20)/t14-/m1/s1. The van der Waals surface area contributed by atoms with Crippen molar-refractivity contribution in [2.24, 2.45) is 11.1 Å². The molecule has 0 unspecified atom stereocenters. The molecule has 0 aliphatic heterocycles. The van der Waals surface area contributed by atoms with Gasteiger partial charge in [0.2, 0.25) is 15.9 Å². The summed E-state index contributed by atoms with van der Waals surface area (Å²) in [5.74, 6) is -0.170. The maximum atomic E-state index is 12.0. The van der Waals surface area contributed by atoms with E-state index in [-0.39, 0.29) is 17.1 Å². The number of hydrogen-bond donors (Lipinski definition) is 3. The van der Waals surface area contributed by atoms with Gasteiger partial charge in [-0.05, 0) is 36.1 Å². The van der Waals surface area contributed by atoms with Gasteiger partial charge >= 0.3 is 0 Å². The van der Waals surface area contributed by atoms with Gasteiger partial charge in [-0.3, -0.25) is 9.52 Å². The summed E-state index contributed by atoms with van der Waals surface area (Å²) in [7, 11) is -3.32. The Morgan fingerprint density at radius 2 is 1.70 bits per heavy atom. The van der Waals surface area contributed by atoms with Crippen molar-refractivity contribution in [1.82, 2.24) is 0 Å². The maximum Gasteiger partial charge on any atom is 0.241 e. The first-order chi connectivity index (χ1) is 10.5. The minimum atomic E-state index is -3.32. The Labute approximate surface area is 138 Å². The summed E-state index contributed by atoms with van der Waals surface area (Å²) >= 11 is 0. The number of carbonyl (C=O) groups excluding carboxylic acids is 1. The van der Waals surface area contributed by atoms with Crippen LogP contribution in [-0.2, 0) is 14.8 Å². The summed E-state index contributed by atoms with van der Waals surface area (Å²) in [5.41, 5.74) is 6.61. The zero-order chi connectivity index (χ0) is 17.7. The van der Waals surface area contributed by atoms with Crippen LogP contribution in [0.5, 0.6) is 0 Å². The number of anilines is 2. The lowest BCUT2D eigenvalue weighted by Gasteiger charge is -2.25. The number of rotatable bonds is 7. The molecule has 0 spiro atoms. The van der Waals surface area contributed by atoms with Crippen molar-refractivity contribution >= 4 is 27.3 Å². The quantitative estimate of drug-likeness (QED) is 0.709. The first-order valence-corrected chi connectivity index (χ1v) is 9.37. The molecule has 1 amide bonds. The first kappa shape index (κ1) is 19.4. The number of hydrogen-bond acceptors (Lipinski definition) is 4. The van der Waals surface area contributed by atoms with Gasteiger partial charge in [0, 0.05) is 11.4 Å². The third kappa shape index (κ3) is 6.58. The molecular formula is C16H27N3O3S. The van der Waals surface area contributed by atoms with Crippen LogP contribution in [-0.4, -0.2) is 26.1 Å². The SMILES string of the molecule is CCCCS(=O)(=O)Nc1ccc(NC(=O)[C@@H](N)C(C)(C)C)cc1. The molecule has 0 aromatic heterocycles. The Balaban J connectivity index is 2.69. The fourth-order valence-corrected chi connectivity index (χ4v) is 3.07. The monoisotopic (exact) mass is 341 g/mol. The van der Waals surface area contributed by atoms with Crippen LogP contribution in [0, 0.1) is 5.41 Å². The fourth-order valence-electron chi connectivity index (χ4n) is 1.80. The van der Waals surface area contributed by atoms with E-state index in [1.807, 2.05) is 27.7 Å². The number of carbonyl (C=O) groups is 1. The van der Waals surface area contributed by atoms with Gasteiger partial charge < -0.3 is 11.1 Å². The van der Waals surface area contributed by atoms with Crippen molar-refractivity contribution in [3.63, 3.8) is 0 Å². The van der Waals surface area contributed by atoms with Gasteiger partial charge in [-0.15, -0.1) is 0 Å². The van der Waals surface area contributed by atoms with Crippen LogP contribution in [0.3, 0.4) is 0 Å². The van der Waals surface area contributed by atoms with E-state index < -0.39 is 16.1 Å². The highest BCUT2D eigenvalue weighted by Crippen LogP contribution is 2.20. The number of sulfonamides is 1. The van der Waals surface area contributed by atoms with Crippen LogP contribution in [0.25, 0.3) is 0 Å². The molecule has 0 fully saturated rings. The predicted octanol–water partition coefficient (Wildman–Crippen LogP) is 2.54. The summed E-state index contributed by atoms with van der Waals surface area (Å²) < 4.78 is 26.2. The van der Waals surface area contributed by atoms with E-state index in [2.05, 4.69) is 10.0 Å². The van der Waals surface area contributed by atoms with Crippen molar-refractivity contribution in [2.45, 2.75) is 46.6 Å². The van der Waals surface area contributed by atoms with Crippen LogP contribution in [0.4, 0.5) is 11.4 Å². The highest BCUT2D eigenvalue weighted by molar-refractivity contribution is 7.92. The highest BCUT2D eigenvalue weighted by Gasteiger charge is 2.27. The average molecular weight is 341 g/mol. The van der Waals surface area contributed by atoms with E-state index in [9.17, 15) is 13.2 Å². The molecule has 4 N–H and O–H groups in total. The van der Waals surface area contributed by atoms with Crippen LogP contribution in [0.15, 0.2) is 24.3 Å². The van der Waals surface area contributed by atoms with Crippen molar-refractivity contribution in [3.05, 3.63) is 24.3 Å². The topological polar surface area (TPSA) is 101 Å². The number of nitrogens with one attached hydrogen (secondary N) is 2. The zero-order valence-electron chi connectivity index (χ0n) is 14.2. The predicted molar refractivity (Wildman–Crippen MR) is 94.8 cm³/mol. The van der Waals surface area contributed by atoms with Gasteiger partial charge in [0.15, 0.2) is 0 Å². The lowest BCUT2D eigenvalue weighted by Crippen LogP contribution is -2.45. The van der Waals surface area contributed by atoms with Crippen molar-refractivity contribution in [2.75, 3.05) is 15.8 Å². The Bertz CT molecular complexity index is 619. The minimum Gasteiger partial charge on any atom is -0.325 e. The molecule has 1 atom stereocenters. The lowest BCUT2D eigenvalue weighted by atomic mass is 9.87. The molecule has 0 aliphatic carbocycles. The van der Waals surface area contributed by atoms with Gasteiger partial charge in [0.25, 0.3) is 0 Å². The summed E-state index contributed by atoms with van der Waals surface area (Å²) in [6.07, 6.45) is 1.44. The summed E-state index contributed by atoms with van der Waals surface area (Å²) in [5, 5.41) is 2.73. The number of benzene rings is 1. The maximum absolute atomic E-state index is 12.0. The second-order valence-electron chi connectivity index (χ2n) is 6.68. The van der Waals surface area contributed by atoms with Crippen molar-refractivity contribution in [3.8, 4) is 0 Å². The Hall–Kier alpha value is -1.60. The molecule has 0 bridgehead atoms. The van der Waals surface area contributed by atoms with Crippen LogP contribution < -0.4 is 15.8 Å². The van der Waals surface area contributed by atoms with Gasteiger partial charge in [0.1, 0.15) is 0 Å². The summed E-state index contributed by atoms with van der Waals surface area (Å²) in [6.45, 7) is 7.62. The average Bonchev–Trinajstić information content (AvgIpc) is 2.45. The second kappa shape index (κ2) is 7.79. The molecule has 6 nitrogen and oxygen atoms in total. The molecule has 0 aliphatic rings.